The van der Waals surface area contributed by atoms with Crippen molar-refractivity contribution < 1.29 is 31.3 Å². The highest BCUT2D eigenvalue weighted by molar-refractivity contribution is 7.84. The van der Waals surface area contributed by atoms with E-state index in [0.29, 0.717) is 24.4 Å². The molecule has 0 spiro atoms. The van der Waals surface area contributed by atoms with Gasteiger partial charge in [-0.05, 0) is 42.8 Å². The zero-order chi connectivity index (χ0) is 25.2. The maximum absolute atomic E-state index is 13.7. The minimum Gasteiger partial charge on any atom is -0.390 e. The van der Waals surface area contributed by atoms with Crippen molar-refractivity contribution in [2.45, 2.75) is 56.4 Å². The molecule has 2 aromatic heterocycles. The van der Waals surface area contributed by atoms with Crippen molar-refractivity contribution >= 4 is 33.2 Å². The number of nitrogens with one attached hydrogen (secondary N) is 2. The van der Waals surface area contributed by atoms with Gasteiger partial charge in [0.05, 0.1) is 23.1 Å². The number of rotatable bonds is 9. The second-order valence-corrected chi connectivity index (χ2v) is 11.2. The van der Waals surface area contributed by atoms with Crippen LogP contribution in [-0.2, 0) is 21.0 Å². The van der Waals surface area contributed by atoms with Gasteiger partial charge >= 0.3 is 10.3 Å². The van der Waals surface area contributed by atoms with Crippen LogP contribution in [0.1, 0.15) is 46.5 Å². The van der Waals surface area contributed by atoms with E-state index in [-0.39, 0.29) is 49.0 Å². The fraction of sp³-hybridized carbons (Fsp3) is 0.571. The number of piperidine rings is 1. The lowest BCUT2D eigenvalue weighted by molar-refractivity contribution is -0.0660. The first-order valence-corrected chi connectivity index (χ1v) is 13.4. The fourth-order valence-corrected chi connectivity index (χ4v) is 5.85. The first-order valence-electron chi connectivity index (χ1n) is 11.1. The monoisotopic (exact) mass is 531 g/mol. The number of aliphatic hydroxyl groups is 1. The van der Waals surface area contributed by atoms with Gasteiger partial charge in [-0.15, -0.1) is 11.3 Å². The van der Waals surface area contributed by atoms with Gasteiger partial charge in [0.15, 0.2) is 0 Å². The molecule has 1 aliphatic carbocycles. The highest BCUT2D eigenvalue weighted by atomic mass is 32.2. The van der Waals surface area contributed by atoms with Crippen LogP contribution in [0.3, 0.4) is 0 Å². The van der Waals surface area contributed by atoms with Gasteiger partial charge in [-0.3, -0.25) is 13.9 Å². The second kappa shape index (κ2) is 10.5. The number of hydrogen-bond donors (Lipinski definition) is 3. The highest BCUT2D eigenvalue weighted by Crippen LogP contribution is 2.30. The lowest BCUT2D eigenvalue weighted by atomic mass is 10.1. The van der Waals surface area contributed by atoms with Crippen molar-refractivity contribution in [2.75, 3.05) is 25.5 Å². The number of aromatic nitrogens is 2. The van der Waals surface area contributed by atoms with Gasteiger partial charge in [-0.1, -0.05) is 0 Å². The summed E-state index contributed by atoms with van der Waals surface area (Å²) >= 11 is 1.22. The quantitative estimate of drug-likeness (QED) is 0.414. The molecule has 0 radical (unpaired) electrons. The average Bonchev–Trinajstić information content (AvgIpc) is 3.39. The molecule has 35 heavy (non-hydrogen) atoms. The largest absolute Gasteiger partial charge is 0.390 e. The summed E-state index contributed by atoms with van der Waals surface area (Å²) in [7, 11) is -2.75. The normalized spacial score (nSPS) is 25.0. The molecule has 0 unspecified atom stereocenters. The van der Waals surface area contributed by atoms with Gasteiger partial charge in [-0.25, -0.2) is 18.7 Å². The van der Waals surface area contributed by atoms with Crippen molar-refractivity contribution in [3.05, 3.63) is 40.0 Å². The van der Waals surface area contributed by atoms with E-state index in [1.165, 1.54) is 30.9 Å². The molecular formula is C21H27F2N5O5S2. The summed E-state index contributed by atoms with van der Waals surface area (Å²) in [5, 5.41) is 15.1. The van der Waals surface area contributed by atoms with Gasteiger partial charge in [0.2, 0.25) is 5.78 Å². The zero-order valence-corrected chi connectivity index (χ0v) is 20.6. The van der Waals surface area contributed by atoms with E-state index in [4.69, 9.17) is 4.18 Å². The Morgan fingerprint density at radius 1 is 1.40 bits per heavy atom. The topological polar surface area (TPSA) is 134 Å². The molecule has 1 saturated heterocycles. The Labute approximate surface area is 206 Å². The van der Waals surface area contributed by atoms with E-state index in [1.807, 2.05) is 4.72 Å². The number of carbonyl (C=O) groups is 1. The summed E-state index contributed by atoms with van der Waals surface area (Å²) in [6, 6.07) is 1.31. The highest BCUT2D eigenvalue weighted by Gasteiger charge is 2.38. The molecule has 0 aromatic carbocycles. The van der Waals surface area contributed by atoms with E-state index in [9.17, 15) is 27.1 Å². The summed E-state index contributed by atoms with van der Waals surface area (Å²) in [4.78, 5) is 23.4. The van der Waals surface area contributed by atoms with Crippen LogP contribution in [0, 0.1) is 0 Å². The van der Waals surface area contributed by atoms with Gasteiger partial charge in [0.25, 0.3) is 5.92 Å². The van der Waals surface area contributed by atoms with Crippen molar-refractivity contribution in [1.29, 1.82) is 0 Å². The summed E-state index contributed by atoms with van der Waals surface area (Å²) in [5.41, 5.74) is 0.999. The third-order valence-corrected chi connectivity index (χ3v) is 8.00. The zero-order valence-electron chi connectivity index (χ0n) is 19.0. The number of thiophene rings is 1. The Morgan fingerprint density at radius 2 is 2.20 bits per heavy atom. The summed E-state index contributed by atoms with van der Waals surface area (Å²) < 4.78 is 57.7. The number of aliphatic hydroxyl groups excluding tert-OH is 1. The number of halogens is 2. The predicted molar refractivity (Wildman–Crippen MR) is 125 cm³/mol. The Bertz CT molecular complexity index is 1160. The van der Waals surface area contributed by atoms with Crippen molar-refractivity contribution in [2.24, 2.45) is 0 Å². The molecule has 1 saturated carbocycles. The molecule has 0 bridgehead atoms. The van der Waals surface area contributed by atoms with E-state index in [1.54, 1.807) is 16.3 Å². The molecule has 3 atom stereocenters. The molecule has 14 heteroatoms. The molecule has 1 aliphatic heterocycles. The standard InChI is InChI=1S/C21H27F2N5O5S2/c1-24-35(31,32)33-17-7-14(6-16(17)29)27-20-15(8-25-12-26-20)19(30)18-5-13(10-34-18)9-28-4-2-3-21(22,23)11-28/h5,8,10,12,14,16-17,24,29H,2-4,6-7,9,11H2,1H3,(H,25,26,27)/t14-,16+,17-/m1/s1. The van der Waals surface area contributed by atoms with Crippen LogP contribution in [0.2, 0.25) is 0 Å². The molecule has 3 heterocycles. The first-order chi connectivity index (χ1) is 16.5. The smallest absolute Gasteiger partial charge is 0.335 e. The first kappa shape index (κ1) is 26.0. The van der Waals surface area contributed by atoms with E-state index < -0.39 is 28.4 Å². The summed E-state index contributed by atoms with van der Waals surface area (Å²) in [5.74, 6) is -2.76. The van der Waals surface area contributed by atoms with Crippen LogP contribution in [0.25, 0.3) is 0 Å². The Balaban J connectivity index is 1.43. The third-order valence-electron chi connectivity index (χ3n) is 6.03. The third kappa shape index (κ3) is 6.57. The lowest BCUT2D eigenvalue weighted by Crippen LogP contribution is -2.41. The number of likely N-dealkylation sites (tertiary alicyclic amines) is 1. The summed E-state index contributed by atoms with van der Waals surface area (Å²) in [6.07, 6.45) is 1.42. The number of nitrogens with zero attached hydrogens (tertiary/aromatic N) is 3. The number of alkyl halides is 2. The molecule has 3 N–H and O–H groups in total. The molecule has 0 amide bonds. The number of ketones is 1. The van der Waals surface area contributed by atoms with Crippen molar-refractivity contribution in [3.63, 3.8) is 0 Å². The van der Waals surface area contributed by atoms with E-state index in [0.717, 1.165) is 5.56 Å². The SMILES string of the molecule is CNS(=O)(=O)O[C@@H]1C[C@H](Nc2ncncc2C(=O)c2cc(CN3CCCC(F)(F)C3)cs2)C[C@@H]1O. The summed E-state index contributed by atoms with van der Waals surface area (Å²) in [6.45, 7) is 0.635. The Morgan fingerprint density at radius 3 is 2.94 bits per heavy atom. The number of carbonyl (C=O) groups excluding carboxylic acids is 1. The number of anilines is 1. The van der Waals surface area contributed by atoms with Gasteiger partial charge in [-0.2, -0.15) is 13.1 Å². The molecule has 2 aliphatic rings. The van der Waals surface area contributed by atoms with Crippen LogP contribution >= 0.6 is 11.3 Å². The van der Waals surface area contributed by atoms with Crippen molar-refractivity contribution in [1.82, 2.24) is 19.6 Å². The molecule has 4 rings (SSSR count). The molecule has 192 valence electrons. The molecule has 10 nitrogen and oxygen atoms in total. The Kier molecular flexibility index (Phi) is 7.78. The van der Waals surface area contributed by atoms with Crippen LogP contribution < -0.4 is 10.0 Å². The predicted octanol–water partition coefficient (Wildman–Crippen LogP) is 1.78. The lowest BCUT2D eigenvalue weighted by Gasteiger charge is -2.32. The minimum atomic E-state index is -3.97. The molecule has 2 fully saturated rings. The van der Waals surface area contributed by atoms with E-state index in [2.05, 4.69) is 15.3 Å². The van der Waals surface area contributed by atoms with Crippen LogP contribution in [0.4, 0.5) is 14.6 Å². The molecular weight excluding hydrogens is 504 g/mol. The minimum absolute atomic E-state index is 0.100. The van der Waals surface area contributed by atoms with Gasteiger partial charge in [0, 0.05) is 32.3 Å². The van der Waals surface area contributed by atoms with Gasteiger partial charge < -0.3 is 10.4 Å². The maximum atomic E-state index is 13.7. The van der Waals surface area contributed by atoms with Gasteiger partial charge in [0.1, 0.15) is 18.2 Å². The fourth-order valence-electron chi connectivity index (χ4n) is 4.36. The van der Waals surface area contributed by atoms with Crippen LogP contribution in [0.15, 0.2) is 24.0 Å². The Hall–Kier alpha value is -2.10. The second-order valence-electron chi connectivity index (χ2n) is 8.78. The van der Waals surface area contributed by atoms with Crippen molar-refractivity contribution in [3.8, 4) is 0 Å². The van der Waals surface area contributed by atoms with Crippen LogP contribution in [0.5, 0.6) is 0 Å². The van der Waals surface area contributed by atoms with E-state index >= 15 is 0 Å². The average molecular weight is 532 g/mol. The maximum Gasteiger partial charge on any atom is 0.335 e. The number of hydrogen-bond acceptors (Lipinski definition) is 10. The molecule has 2 aromatic rings. The van der Waals surface area contributed by atoms with Crippen LogP contribution in [-0.4, -0.2) is 78.5 Å².